The zero-order valence-electron chi connectivity index (χ0n) is 17.6. The van der Waals surface area contributed by atoms with Crippen molar-refractivity contribution in [1.82, 2.24) is 0 Å². The molecule has 160 valence electrons. The minimum atomic E-state index is -1.10. The molecule has 0 amide bonds. The number of ether oxygens (including phenoxy) is 1. The van der Waals surface area contributed by atoms with Crippen molar-refractivity contribution < 1.29 is 14.6 Å². The summed E-state index contributed by atoms with van der Waals surface area (Å²) in [6, 6.07) is 17.8. The van der Waals surface area contributed by atoms with Gasteiger partial charge in [0.1, 0.15) is 6.04 Å². The number of carboxylic acid groups (broad SMARTS) is 1. The summed E-state index contributed by atoms with van der Waals surface area (Å²) >= 11 is 1.71. The van der Waals surface area contributed by atoms with Crippen LogP contribution >= 0.6 is 11.3 Å². The van der Waals surface area contributed by atoms with Crippen LogP contribution in [0.25, 0.3) is 11.1 Å². The number of aliphatic carboxylic acids is 1. The lowest BCUT2D eigenvalue weighted by Crippen LogP contribution is -2.46. The van der Waals surface area contributed by atoms with Crippen molar-refractivity contribution in [3.8, 4) is 11.1 Å². The van der Waals surface area contributed by atoms with Gasteiger partial charge >= 0.3 is 5.97 Å². The molecule has 5 rings (SSSR count). The van der Waals surface area contributed by atoms with Gasteiger partial charge in [-0.25, -0.2) is 0 Å². The second-order valence-corrected chi connectivity index (χ2v) is 9.56. The van der Waals surface area contributed by atoms with Gasteiger partial charge in [0.25, 0.3) is 0 Å². The summed E-state index contributed by atoms with van der Waals surface area (Å²) in [4.78, 5) is 12.8. The Labute approximate surface area is 186 Å². The van der Waals surface area contributed by atoms with Crippen molar-refractivity contribution in [3.05, 3.63) is 81.5 Å². The Kier molecular flexibility index (Phi) is 5.21. The Hall–Kier alpha value is -2.47. The van der Waals surface area contributed by atoms with Gasteiger partial charge in [-0.1, -0.05) is 61.4 Å². The summed E-state index contributed by atoms with van der Waals surface area (Å²) in [7, 11) is 0. The first kappa shape index (κ1) is 20.4. The molecule has 2 aliphatic carbocycles. The lowest BCUT2D eigenvalue weighted by atomic mass is 9.83. The molecular formula is C26H27NO3S. The van der Waals surface area contributed by atoms with Crippen molar-refractivity contribution >= 4 is 17.3 Å². The maximum Gasteiger partial charge on any atom is 0.323 e. The topological polar surface area (TPSA) is 72.5 Å². The zero-order valence-corrected chi connectivity index (χ0v) is 18.4. The van der Waals surface area contributed by atoms with Crippen molar-refractivity contribution in [1.29, 1.82) is 0 Å². The number of carbonyl (C=O) groups is 1. The second-order valence-electron chi connectivity index (χ2n) is 8.65. The van der Waals surface area contributed by atoms with Gasteiger partial charge in [0.05, 0.1) is 6.10 Å². The minimum Gasteiger partial charge on any atom is -0.480 e. The normalized spacial score (nSPS) is 19.0. The molecule has 1 aromatic heterocycles. The fraction of sp³-hybridized carbons (Fsp3) is 0.346. The summed E-state index contributed by atoms with van der Waals surface area (Å²) in [5.41, 5.74) is 10.9. The SMILES string of the molecule is CC(OC1(c2sccc2C2CCCC2)c2ccccc2-c2ccccc21)[C@H](N)C(=O)O. The summed E-state index contributed by atoms with van der Waals surface area (Å²) < 4.78 is 6.82. The van der Waals surface area contributed by atoms with Gasteiger partial charge in [0, 0.05) is 16.0 Å². The lowest BCUT2D eigenvalue weighted by molar-refractivity contribution is -0.144. The molecule has 2 aliphatic rings. The van der Waals surface area contributed by atoms with Crippen molar-refractivity contribution in [2.75, 3.05) is 0 Å². The number of fused-ring (bicyclic) bond motifs is 3. The Morgan fingerprint density at radius 3 is 2.23 bits per heavy atom. The molecule has 0 aliphatic heterocycles. The van der Waals surface area contributed by atoms with Gasteiger partial charge < -0.3 is 15.6 Å². The van der Waals surface area contributed by atoms with Crippen LogP contribution < -0.4 is 5.73 Å². The van der Waals surface area contributed by atoms with Crippen molar-refractivity contribution in [3.63, 3.8) is 0 Å². The molecule has 2 aromatic carbocycles. The standard InChI is InChI=1S/C26H27NO3S/c1-16(23(27)25(28)29)30-26(24-18(14-15-31-24)17-8-2-3-9-17)21-12-6-4-10-19(21)20-11-5-7-13-22(20)26/h4-7,10-17,23H,2-3,8-9,27H2,1H3,(H,28,29)/t16?,23-/m0/s1. The number of hydrogen-bond acceptors (Lipinski definition) is 4. The van der Waals surface area contributed by atoms with Gasteiger partial charge in [-0.15, -0.1) is 11.3 Å². The van der Waals surface area contributed by atoms with Gasteiger partial charge in [0.2, 0.25) is 0 Å². The summed E-state index contributed by atoms with van der Waals surface area (Å²) in [5, 5.41) is 11.7. The van der Waals surface area contributed by atoms with Gasteiger partial charge in [-0.2, -0.15) is 0 Å². The van der Waals surface area contributed by atoms with Crippen LogP contribution in [0.4, 0.5) is 0 Å². The third kappa shape index (κ3) is 3.15. The lowest BCUT2D eigenvalue weighted by Gasteiger charge is -2.37. The number of hydrogen-bond donors (Lipinski definition) is 2. The molecule has 1 heterocycles. The fourth-order valence-electron chi connectivity index (χ4n) is 5.34. The quantitative estimate of drug-likeness (QED) is 0.539. The Morgan fingerprint density at radius 2 is 1.65 bits per heavy atom. The zero-order chi connectivity index (χ0) is 21.6. The molecule has 3 N–H and O–H groups in total. The monoisotopic (exact) mass is 433 g/mol. The number of benzene rings is 2. The molecular weight excluding hydrogens is 406 g/mol. The molecule has 0 radical (unpaired) electrons. The molecule has 1 unspecified atom stereocenters. The average molecular weight is 434 g/mol. The number of rotatable bonds is 6. The van der Waals surface area contributed by atoms with Crippen molar-refractivity contribution in [2.45, 2.75) is 56.3 Å². The smallest absolute Gasteiger partial charge is 0.323 e. The van der Waals surface area contributed by atoms with E-state index in [0.717, 1.165) is 22.3 Å². The molecule has 4 nitrogen and oxygen atoms in total. The van der Waals surface area contributed by atoms with Crippen molar-refractivity contribution in [2.24, 2.45) is 5.73 Å². The van der Waals surface area contributed by atoms with Gasteiger partial charge in [-0.3, -0.25) is 4.79 Å². The average Bonchev–Trinajstić information content (AvgIpc) is 3.52. The van der Waals surface area contributed by atoms with Crippen LogP contribution in [-0.2, 0) is 15.1 Å². The van der Waals surface area contributed by atoms with E-state index >= 15 is 0 Å². The van der Waals surface area contributed by atoms with Crippen LogP contribution in [0.2, 0.25) is 0 Å². The second kappa shape index (κ2) is 7.90. The van der Waals surface area contributed by atoms with E-state index in [9.17, 15) is 9.90 Å². The molecule has 0 bridgehead atoms. The highest BCUT2D eigenvalue weighted by Gasteiger charge is 2.50. The molecule has 0 spiro atoms. The first-order valence-electron chi connectivity index (χ1n) is 11.0. The van der Waals surface area contributed by atoms with Gasteiger partial charge in [-0.05, 0) is 53.8 Å². The highest BCUT2D eigenvalue weighted by Crippen LogP contribution is 2.57. The molecule has 31 heavy (non-hydrogen) atoms. The Bertz CT molecular complexity index is 1070. The number of thiophene rings is 1. The summed E-state index contributed by atoms with van der Waals surface area (Å²) in [6.07, 6.45) is 4.21. The van der Waals surface area contributed by atoms with E-state index in [2.05, 4.69) is 35.7 Å². The van der Waals surface area contributed by atoms with Crippen LogP contribution in [0.3, 0.4) is 0 Å². The minimum absolute atomic E-state index is 0.519. The highest BCUT2D eigenvalue weighted by atomic mass is 32.1. The van der Waals surface area contributed by atoms with Gasteiger partial charge in [0.15, 0.2) is 5.60 Å². The van der Waals surface area contributed by atoms with E-state index < -0.39 is 23.7 Å². The molecule has 0 saturated heterocycles. The maximum absolute atomic E-state index is 11.7. The maximum atomic E-state index is 11.7. The molecule has 2 atom stereocenters. The molecule has 1 saturated carbocycles. The molecule has 1 fully saturated rings. The van der Waals surface area contributed by atoms with Crippen LogP contribution in [0.15, 0.2) is 60.0 Å². The third-order valence-corrected chi connectivity index (χ3v) is 7.90. The highest BCUT2D eigenvalue weighted by molar-refractivity contribution is 7.10. The summed E-state index contributed by atoms with van der Waals surface area (Å²) in [6.45, 7) is 1.77. The van der Waals surface area contributed by atoms with E-state index in [1.807, 2.05) is 24.3 Å². The largest absolute Gasteiger partial charge is 0.480 e. The predicted molar refractivity (Wildman–Crippen MR) is 123 cm³/mol. The van der Waals surface area contributed by atoms with E-state index in [0.29, 0.717) is 5.92 Å². The number of nitrogens with two attached hydrogens (primary N) is 1. The Balaban J connectivity index is 1.76. The summed E-state index contributed by atoms with van der Waals surface area (Å²) in [5.74, 6) is -0.533. The van der Waals surface area contributed by atoms with Crippen LogP contribution in [0.5, 0.6) is 0 Å². The third-order valence-electron chi connectivity index (χ3n) is 6.87. The van der Waals surface area contributed by atoms with E-state index in [4.69, 9.17) is 10.5 Å². The van der Waals surface area contributed by atoms with E-state index in [1.165, 1.54) is 36.1 Å². The predicted octanol–water partition coefficient (Wildman–Crippen LogP) is 5.50. The number of carboxylic acids is 1. The van der Waals surface area contributed by atoms with Crippen LogP contribution in [-0.4, -0.2) is 23.2 Å². The first-order chi connectivity index (χ1) is 15.0. The fourth-order valence-corrected chi connectivity index (χ4v) is 6.49. The van der Waals surface area contributed by atoms with Crippen LogP contribution in [0, 0.1) is 0 Å². The van der Waals surface area contributed by atoms with E-state index in [-0.39, 0.29) is 0 Å². The van der Waals surface area contributed by atoms with Crippen LogP contribution in [0.1, 0.15) is 60.1 Å². The molecule has 5 heteroatoms. The Morgan fingerprint density at radius 1 is 1.06 bits per heavy atom. The first-order valence-corrected chi connectivity index (χ1v) is 11.9. The van der Waals surface area contributed by atoms with E-state index in [1.54, 1.807) is 18.3 Å². The molecule has 3 aromatic rings.